The lowest BCUT2D eigenvalue weighted by Gasteiger charge is -2.23. The second kappa shape index (κ2) is 3.64. The molecule has 0 aromatic carbocycles. The maximum absolute atomic E-state index is 11.2. The van der Waals surface area contributed by atoms with Crippen LogP contribution in [0.1, 0.15) is 0 Å². The summed E-state index contributed by atoms with van der Waals surface area (Å²) in [5, 5.41) is 0. The first-order chi connectivity index (χ1) is 5.66. The highest BCUT2D eigenvalue weighted by Crippen LogP contribution is 2.10. The largest absolute Gasteiger partial charge is 0.468 e. The average Bonchev–Trinajstić information content (AvgIpc) is 2.08. The molecule has 1 rings (SSSR count). The molecule has 0 saturated carbocycles. The summed E-state index contributed by atoms with van der Waals surface area (Å²) < 4.78 is 9.35. The van der Waals surface area contributed by atoms with E-state index in [1.807, 2.05) is 0 Å². The summed E-state index contributed by atoms with van der Waals surface area (Å²) in [6, 6.07) is -0.692. The first-order valence-electron chi connectivity index (χ1n) is 3.61. The van der Waals surface area contributed by atoms with Crippen molar-refractivity contribution in [2.45, 2.75) is 6.04 Å². The third-order valence-corrected chi connectivity index (χ3v) is 1.78. The van der Waals surface area contributed by atoms with Crippen LogP contribution in [0.5, 0.6) is 0 Å². The molecule has 0 aromatic rings. The van der Waals surface area contributed by atoms with Gasteiger partial charge in [-0.2, -0.15) is 0 Å². The Bertz CT molecular complexity index is 204. The van der Waals surface area contributed by atoms with E-state index in [0.29, 0.717) is 0 Å². The van der Waals surface area contributed by atoms with Crippen molar-refractivity contribution in [3.63, 3.8) is 0 Å². The Balaban J connectivity index is 2.64. The van der Waals surface area contributed by atoms with Crippen LogP contribution in [0.15, 0.2) is 0 Å². The van der Waals surface area contributed by atoms with Gasteiger partial charge in [-0.15, -0.1) is 0 Å². The van der Waals surface area contributed by atoms with Crippen LogP contribution in [0, 0.1) is 5.92 Å². The number of ketones is 1. The van der Waals surface area contributed by atoms with Crippen molar-refractivity contribution in [2.75, 3.05) is 20.3 Å². The minimum atomic E-state index is -0.834. The quantitative estimate of drug-likeness (QED) is 0.394. The first-order valence-corrected chi connectivity index (χ1v) is 3.61. The van der Waals surface area contributed by atoms with Gasteiger partial charge in [0.05, 0.1) is 26.4 Å². The van der Waals surface area contributed by atoms with Crippen LogP contribution in [0.3, 0.4) is 0 Å². The van der Waals surface area contributed by atoms with Gasteiger partial charge in [0.1, 0.15) is 5.92 Å². The number of methoxy groups -OCH3 is 1. The van der Waals surface area contributed by atoms with Crippen molar-refractivity contribution >= 4 is 11.8 Å². The molecule has 0 aliphatic carbocycles. The molecule has 0 aromatic heterocycles. The summed E-state index contributed by atoms with van der Waals surface area (Å²) in [4.78, 5) is 22.2. The number of carbonyl (C=O) groups is 2. The van der Waals surface area contributed by atoms with Crippen LogP contribution in [-0.4, -0.2) is 38.1 Å². The van der Waals surface area contributed by atoms with Crippen molar-refractivity contribution < 1.29 is 19.1 Å². The van der Waals surface area contributed by atoms with Crippen molar-refractivity contribution in [2.24, 2.45) is 11.7 Å². The van der Waals surface area contributed by atoms with Crippen LogP contribution >= 0.6 is 0 Å². The standard InChI is InChI=1S/C7H11NO4/c1-11-7(10)4-2-12-3-5(8)6(4)9/h4-5H,2-3,8H2,1H3. The molecule has 2 unspecified atom stereocenters. The highest BCUT2D eigenvalue weighted by atomic mass is 16.5. The maximum Gasteiger partial charge on any atom is 0.318 e. The van der Waals surface area contributed by atoms with Crippen LogP contribution < -0.4 is 5.73 Å². The summed E-state index contributed by atoms with van der Waals surface area (Å²) in [5.74, 6) is -1.71. The van der Waals surface area contributed by atoms with E-state index < -0.39 is 17.9 Å². The van der Waals surface area contributed by atoms with Gasteiger partial charge in [-0.25, -0.2) is 0 Å². The van der Waals surface area contributed by atoms with Crippen molar-refractivity contribution in [3.8, 4) is 0 Å². The maximum atomic E-state index is 11.2. The number of esters is 1. The molecule has 5 heteroatoms. The molecule has 12 heavy (non-hydrogen) atoms. The van der Waals surface area contributed by atoms with Gasteiger partial charge in [-0.05, 0) is 0 Å². The number of carbonyl (C=O) groups excluding carboxylic acids is 2. The van der Waals surface area contributed by atoms with Crippen molar-refractivity contribution in [1.29, 1.82) is 0 Å². The number of rotatable bonds is 1. The molecule has 2 atom stereocenters. The fourth-order valence-corrected chi connectivity index (χ4v) is 1.06. The summed E-state index contributed by atoms with van der Waals surface area (Å²) >= 11 is 0. The van der Waals surface area contributed by atoms with E-state index in [4.69, 9.17) is 10.5 Å². The number of ether oxygens (including phenoxy) is 2. The predicted octanol–water partition coefficient (Wildman–Crippen LogP) is -1.30. The third-order valence-electron chi connectivity index (χ3n) is 1.78. The molecule has 0 spiro atoms. The molecular weight excluding hydrogens is 162 g/mol. The third kappa shape index (κ3) is 1.62. The van der Waals surface area contributed by atoms with Crippen molar-refractivity contribution in [1.82, 2.24) is 0 Å². The minimum absolute atomic E-state index is 0.0825. The molecule has 0 radical (unpaired) electrons. The second-order valence-corrected chi connectivity index (χ2v) is 2.62. The lowest BCUT2D eigenvalue weighted by molar-refractivity contribution is -0.156. The van der Waals surface area contributed by atoms with E-state index in [1.165, 1.54) is 7.11 Å². The number of Topliss-reactive ketones (excluding diaryl/α,β-unsaturated/α-hetero) is 1. The van der Waals surface area contributed by atoms with Crippen molar-refractivity contribution in [3.05, 3.63) is 0 Å². The molecule has 68 valence electrons. The molecule has 1 aliphatic rings. The Kier molecular flexibility index (Phi) is 2.78. The molecule has 5 nitrogen and oxygen atoms in total. The number of hydrogen-bond acceptors (Lipinski definition) is 5. The predicted molar refractivity (Wildman–Crippen MR) is 39.3 cm³/mol. The van der Waals surface area contributed by atoms with E-state index in [9.17, 15) is 9.59 Å². The van der Waals surface area contributed by atoms with Gasteiger partial charge in [-0.1, -0.05) is 0 Å². The van der Waals surface area contributed by atoms with E-state index in [0.717, 1.165) is 0 Å². The fourth-order valence-electron chi connectivity index (χ4n) is 1.06. The Morgan fingerprint density at radius 2 is 2.33 bits per heavy atom. The van der Waals surface area contributed by atoms with Gasteiger partial charge >= 0.3 is 5.97 Å². The molecule has 0 amide bonds. The molecule has 2 N–H and O–H groups in total. The minimum Gasteiger partial charge on any atom is -0.468 e. The lowest BCUT2D eigenvalue weighted by Crippen LogP contribution is -2.48. The van der Waals surface area contributed by atoms with E-state index in [1.54, 1.807) is 0 Å². The first kappa shape index (κ1) is 9.15. The lowest BCUT2D eigenvalue weighted by atomic mass is 9.97. The van der Waals surface area contributed by atoms with Gasteiger partial charge in [0.2, 0.25) is 0 Å². The molecule has 1 heterocycles. The average molecular weight is 173 g/mol. The van der Waals surface area contributed by atoms with Crippen LogP contribution in [0.2, 0.25) is 0 Å². The van der Waals surface area contributed by atoms with E-state index >= 15 is 0 Å². The Morgan fingerprint density at radius 3 is 2.92 bits per heavy atom. The molecule has 1 aliphatic heterocycles. The Hall–Kier alpha value is -0.940. The zero-order chi connectivity index (χ0) is 9.14. The van der Waals surface area contributed by atoms with E-state index in [-0.39, 0.29) is 19.0 Å². The Labute approximate surface area is 69.8 Å². The molecular formula is C7H11NO4. The zero-order valence-corrected chi connectivity index (χ0v) is 6.78. The topological polar surface area (TPSA) is 78.6 Å². The smallest absolute Gasteiger partial charge is 0.318 e. The van der Waals surface area contributed by atoms with E-state index in [2.05, 4.69) is 4.74 Å². The number of nitrogens with two attached hydrogens (primary N) is 1. The summed E-state index contributed by atoms with van der Waals surface area (Å²) in [6.45, 7) is 0.269. The van der Waals surface area contributed by atoms with Crippen LogP contribution in [0.25, 0.3) is 0 Å². The van der Waals surface area contributed by atoms with Crippen LogP contribution in [-0.2, 0) is 19.1 Å². The molecule has 1 saturated heterocycles. The summed E-state index contributed by atoms with van der Waals surface area (Å²) in [7, 11) is 1.23. The van der Waals surface area contributed by atoms with Gasteiger partial charge < -0.3 is 15.2 Å². The summed E-state index contributed by atoms with van der Waals surface area (Å²) in [6.07, 6.45) is 0. The molecule has 1 fully saturated rings. The number of hydrogen-bond donors (Lipinski definition) is 1. The zero-order valence-electron chi connectivity index (χ0n) is 6.78. The normalized spacial score (nSPS) is 30.0. The highest BCUT2D eigenvalue weighted by Gasteiger charge is 2.35. The SMILES string of the molecule is COC(=O)C1COCC(N)C1=O. The van der Waals surface area contributed by atoms with Gasteiger partial charge in [0, 0.05) is 0 Å². The fraction of sp³-hybridized carbons (Fsp3) is 0.714. The van der Waals surface area contributed by atoms with Gasteiger partial charge in [-0.3, -0.25) is 9.59 Å². The summed E-state index contributed by atoms with van der Waals surface area (Å²) in [5.41, 5.74) is 5.38. The second-order valence-electron chi connectivity index (χ2n) is 2.62. The van der Waals surface area contributed by atoms with Crippen LogP contribution in [0.4, 0.5) is 0 Å². The van der Waals surface area contributed by atoms with Gasteiger partial charge in [0.15, 0.2) is 5.78 Å². The Morgan fingerprint density at radius 1 is 1.67 bits per heavy atom. The monoisotopic (exact) mass is 173 g/mol. The highest BCUT2D eigenvalue weighted by molar-refractivity contribution is 6.02. The van der Waals surface area contributed by atoms with Gasteiger partial charge in [0.25, 0.3) is 0 Å². The molecule has 0 bridgehead atoms.